The van der Waals surface area contributed by atoms with Gasteiger partial charge >= 0.3 is 0 Å². The molecule has 3 nitrogen and oxygen atoms in total. The quantitative estimate of drug-likeness (QED) is 0.707. The minimum absolute atomic E-state index is 0.124. The van der Waals surface area contributed by atoms with E-state index in [-0.39, 0.29) is 5.57 Å². The average molecular weight is 331 g/mol. The van der Waals surface area contributed by atoms with Crippen LogP contribution in [0.25, 0.3) is 10.8 Å². The number of hydrogen-bond acceptors (Lipinski definition) is 4. The van der Waals surface area contributed by atoms with E-state index < -0.39 is 0 Å². The van der Waals surface area contributed by atoms with Gasteiger partial charge in [-0.3, -0.25) is 0 Å². The van der Waals surface area contributed by atoms with Gasteiger partial charge in [-0.15, -0.1) is 0 Å². The monoisotopic (exact) mass is 331 g/mol. The first kappa shape index (κ1) is 16.2. The van der Waals surface area contributed by atoms with Gasteiger partial charge in [0, 0.05) is 16.8 Å². The third-order valence-electron chi connectivity index (χ3n) is 3.98. The number of thioether (sulfide) groups is 1. The number of rotatable bonds is 4. The molecule has 0 N–H and O–H groups in total. The minimum atomic E-state index is 0.124. The maximum atomic E-state index is 8.93. The molecule has 1 aliphatic heterocycles. The second kappa shape index (κ2) is 7.25. The summed E-state index contributed by atoms with van der Waals surface area (Å²) in [6, 6.07) is 16.5. The Kier molecular flexibility index (Phi) is 4.89. The topological polar surface area (TPSA) is 50.8 Å². The Morgan fingerprint density at radius 1 is 1.17 bits per heavy atom. The van der Waals surface area contributed by atoms with Crippen LogP contribution in [0.15, 0.2) is 64.0 Å². The molecule has 24 heavy (non-hydrogen) atoms. The summed E-state index contributed by atoms with van der Waals surface area (Å²) < 4.78 is 0. The highest BCUT2D eigenvalue weighted by molar-refractivity contribution is 8.03. The second-order valence-electron chi connectivity index (χ2n) is 5.55. The number of hydrogen-bond donors (Lipinski definition) is 0. The van der Waals surface area contributed by atoms with Gasteiger partial charge in [-0.2, -0.15) is 10.5 Å². The Morgan fingerprint density at radius 2 is 1.96 bits per heavy atom. The Labute approximate surface area is 146 Å². The van der Waals surface area contributed by atoms with Crippen molar-refractivity contribution < 1.29 is 0 Å². The van der Waals surface area contributed by atoms with Crippen molar-refractivity contribution in [2.45, 2.75) is 24.7 Å². The highest BCUT2D eigenvalue weighted by atomic mass is 32.2. The molecule has 0 fully saturated rings. The summed E-state index contributed by atoms with van der Waals surface area (Å²) in [6.45, 7) is 3.11. The zero-order valence-corrected chi connectivity index (χ0v) is 14.3. The third kappa shape index (κ3) is 3.02. The lowest BCUT2D eigenvalue weighted by atomic mass is 10.1. The lowest BCUT2D eigenvalue weighted by molar-refractivity contribution is 0.780. The zero-order valence-electron chi connectivity index (χ0n) is 13.5. The van der Waals surface area contributed by atoms with E-state index >= 15 is 0 Å². The number of allylic oxidation sites excluding steroid dienone is 3. The number of anilines is 1. The van der Waals surface area contributed by atoms with Gasteiger partial charge in [-0.25, -0.2) is 0 Å². The molecule has 2 aromatic rings. The van der Waals surface area contributed by atoms with Crippen LogP contribution >= 0.6 is 11.8 Å². The molecule has 0 radical (unpaired) electrons. The Bertz CT molecular complexity index is 897. The Morgan fingerprint density at radius 3 is 2.71 bits per heavy atom. The molecule has 118 valence electrons. The molecule has 3 rings (SSSR count). The van der Waals surface area contributed by atoms with Crippen LogP contribution in [0.4, 0.5) is 5.69 Å². The van der Waals surface area contributed by atoms with E-state index in [2.05, 4.69) is 48.2 Å². The lowest BCUT2D eigenvalue weighted by Gasteiger charge is -2.21. The maximum absolute atomic E-state index is 8.93. The first-order valence-corrected chi connectivity index (χ1v) is 8.79. The van der Waals surface area contributed by atoms with Gasteiger partial charge in [0.2, 0.25) is 0 Å². The van der Waals surface area contributed by atoms with Gasteiger partial charge in [0.15, 0.2) is 0 Å². The lowest BCUT2D eigenvalue weighted by Crippen LogP contribution is -2.19. The number of nitriles is 2. The molecule has 2 aromatic carbocycles. The highest BCUT2D eigenvalue weighted by Crippen LogP contribution is 2.49. The molecule has 0 aliphatic carbocycles. The zero-order chi connectivity index (χ0) is 16.9. The first-order valence-electron chi connectivity index (χ1n) is 7.97. The predicted octanol–water partition coefficient (Wildman–Crippen LogP) is 5.37. The molecule has 0 spiro atoms. The van der Waals surface area contributed by atoms with E-state index in [4.69, 9.17) is 10.5 Å². The number of nitrogens with zero attached hydrogens (tertiary/aromatic N) is 3. The van der Waals surface area contributed by atoms with Gasteiger partial charge in [-0.05, 0) is 30.0 Å². The molecule has 0 saturated heterocycles. The van der Waals surface area contributed by atoms with Crippen molar-refractivity contribution in [3.8, 4) is 12.1 Å². The minimum Gasteiger partial charge on any atom is -0.335 e. The highest BCUT2D eigenvalue weighted by Gasteiger charge is 2.26. The van der Waals surface area contributed by atoms with Crippen LogP contribution in [0, 0.1) is 22.7 Å². The maximum Gasteiger partial charge on any atom is 0.129 e. The number of unbranched alkanes of at least 4 members (excludes halogenated alkanes) is 1. The summed E-state index contributed by atoms with van der Waals surface area (Å²) in [7, 11) is 0. The second-order valence-corrected chi connectivity index (χ2v) is 6.61. The molecule has 0 bridgehead atoms. The van der Waals surface area contributed by atoms with Crippen LogP contribution in [-0.2, 0) is 0 Å². The van der Waals surface area contributed by atoms with Crippen LogP contribution in [0.5, 0.6) is 0 Å². The standard InChI is InChI=1S/C20H17N3S/c1-2-3-12-23-19(11-8-15(13-21)14-22)24-18-10-9-16-6-4-5-7-17(16)20(18)23/h4-11H,2-3,12H2,1H3/b19-11-. The summed E-state index contributed by atoms with van der Waals surface area (Å²) in [5, 5.41) is 21.4. The Hall–Kier alpha value is -2.69. The molecule has 0 saturated carbocycles. The fourth-order valence-corrected chi connectivity index (χ4v) is 3.90. The third-order valence-corrected chi connectivity index (χ3v) is 5.10. The van der Waals surface area contributed by atoms with Gasteiger partial charge in [0.1, 0.15) is 17.7 Å². The van der Waals surface area contributed by atoms with E-state index in [0.717, 1.165) is 24.4 Å². The fourth-order valence-electron chi connectivity index (χ4n) is 2.79. The molecule has 0 aromatic heterocycles. The summed E-state index contributed by atoms with van der Waals surface area (Å²) in [5.41, 5.74) is 1.36. The molecular formula is C20H17N3S. The van der Waals surface area contributed by atoms with Crippen molar-refractivity contribution >= 4 is 28.2 Å². The van der Waals surface area contributed by atoms with Gasteiger partial charge in [-0.1, -0.05) is 55.4 Å². The molecule has 1 aliphatic rings. The molecular weight excluding hydrogens is 314 g/mol. The Balaban J connectivity index is 2.09. The van der Waals surface area contributed by atoms with Crippen molar-refractivity contribution in [1.82, 2.24) is 0 Å². The van der Waals surface area contributed by atoms with E-state index in [1.807, 2.05) is 18.2 Å². The van der Waals surface area contributed by atoms with Crippen molar-refractivity contribution in [3.05, 3.63) is 59.2 Å². The van der Waals surface area contributed by atoms with Crippen LogP contribution < -0.4 is 4.90 Å². The van der Waals surface area contributed by atoms with E-state index in [1.54, 1.807) is 17.8 Å². The largest absolute Gasteiger partial charge is 0.335 e. The van der Waals surface area contributed by atoms with Crippen LogP contribution in [0.1, 0.15) is 19.8 Å². The molecule has 0 amide bonds. The SMILES string of the molecule is CCCCN1/C(=C/C=C(C#N)C#N)Sc2ccc3ccccc3c21. The van der Waals surface area contributed by atoms with Crippen LogP contribution in [-0.4, -0.2) is 6.54 Å². The van der Waals surface area contributed by atoms with Crippen molar-refractivity contribution in [2.24, 2.45) is 0 Å². The summed E-state index contributed by atoms with van der Waals surface area (Å²) in [6.07, 6.45) is 5.70. The van der Waals surface area contributed by atoms with Gasteiger partial charge in [0.25, 0.3) is 0 Å². The van der Waals surface area contributed by atoms with Crippen molar-refractivity contribution in [1.29, 1.82) is 10.5 Å². The smallest absolute Gasteiger partial charge is 0.129 e. The predicted molar refractivity (Wildman–Crippen MR) is 99.5 cm³/mol. The summed E-state index contributed by atoms with van der Waals surface area (Å²) in [4.78, 5) is 3.54. The molecule has 1 heterocycles. The van der Waals surface area contributed by atoms with Gasteiger partial charge in [0.05, 0.1) is 10.7 Å². The average Bonchev–Trinajstić information content (AvgIpc) is 2.98. The normalized spacial score (nSPS) is 14.3. The molecule has 0 atom stereocenters. The van der Waals surface area contributed by atoms with E-state index in [9.17, 15) is 0 Å². The van der Waals surface area contributed by atoms with Crippen LogP contribution in [0.2, 0.25) is 0 Å². The molecule has 4 heteroatoms. The van der Waals surface area contributed by atoms with Crippen LogP contribution in [0.3, 0.4) is 0 Å². The van der Waals surface area contributed by atoms with Gasteiger partial charge < -0.3 is 4.90 Å². The van der Waals surface area contributed by atoms with E-state index in [1.165, 1.54) is 21.4 Å². The number of fused-ring (bicyclic) bond motifs is 3. The molecule has 0 unspecified atom stereocenters. The first-order chi connectivity index (χ1) is 11.8. The summed E-state index contributed by atoms with van der Waals surface area (Å²) >= 11 is 1.70. The van der Waals surface area contributed by atoms with Crippen molar-refractivity contribution in [3.63, 3.8) is 0 Å². The summed E-state index contributed by atoms with van der Waals surface area (Å²) in [5.74, 6) is 0. The van der Waals surface area contributed by atoms with Crippen molar-refractivity contribution in [2.75, 3.05) is 11.4 Å². The van der Waals surface area contributed by atoms with E-state index in [0.29, 0.717) is 0 Å². The fraction of sp³-hybridized carbons (Fsp3) is 0.200. The number of benzene rings is 2.